The number of nitrogens with two attached hydrogens (primary N) is 1. The Bertz CT molecular complexity index is 643. The van der Waals surface area contributed by atoms with Gasteiger partial charge in [0.05, 0.1) is 18.1 Å². The van der Waals surface area contributed by atoms with Gasteiger partial charge in [-0.05, 0) is 38.4 Å². The molecule has 128 valence electrons. The summed E-state index contributed by atoms with van der Waals surface area (Å²) in [6.07, 6.45) is 0. The van der Waals surface area contributed by atoms with Crippen molar-refractivity contribution < 1.29 is 17.9 Å². The molecular weight excluding hydrogens is 318 g/mol. The van der Waals surface area contributed by atoms with Crippen LogP contribution >= 0.6 is 0 Å². The summed E-state index contributed by atoms with van der Waals surface area (Å²) in [5, 5.41) is 5.07. The molecule has 2 N–H and O–H groups in total. The molecule has 0 spiro atoms. The number of hydrogen-bond donors (Lipinski definition) is 1. The second kappa shape index (κ2) is 7.39. The summed E-state index contributed by atoms with van der Waals surface area (Å²) in [5.74, 6) is 0.125. The highest BCUT2D eigenvalue weighted by atomic mass is 32.2. The Balaban J connectivity index is 2.11. The van der Waals surface area contributed by atoms with Gasteiger partial charge in [0.25, 0.3) is 5.91 Å². The van der Waals surface area contributed by atoms with E-state index in [2.05, 4.69) is 4.90 Å². The van der Waals surface area contributed by atoms with Crippen molar-refractivity contribution in [2.45, 2.75) is 4.90 Å². The van der Waals surface area contributed by atoms with Gasteiger partial charge in [-0.25, -0.2) is 13.6 Å². The van der Waals surface area contributed by atoms with Crippen molar-refractivity contribution in [2.24, 2.45) is 11.1 Å². The normalized spacial score (nSPS) is 19.7. The summed E-state index contributed by atoms with van der Waals surface area (Å²) in [6, 6.07) is 5.70. The minimum Gasteiger partial charge on any atom is -0.379 e. The monoisotopic (exact) mass is 341 g/mol. The van der Waals surface area contributed by atoms with Crippen LogP contribution in [0.1, 0.15) is 10.4 Å². The molecule has 0 aliphatic carbocycles. The highest BCUT2D eigenvalue weighted by Crippen LogP contribution is 2.14. The quantitative estimate of drug-likeness (QED) is 0.831. The highest BCUT2D eigenvalue weighted by molar-refractivity contribution is 7.89. The lowest BCUT2D eigenvalue weighted by Crippen LogP contribution is -2.38. The van der Waals surface area contributed by atoms with Crippen LogP contribution in [0.5, 0.6) is 0 Å². The van der Waals surface area contributed by atoms with E-state index in [1.54, 1.807) is 4.90 Å². The second-order valence-electron chi connectivity index (χ2n) is 6.02. The van der Waals surface area contributed by atoms with Crippen LogP contribution < -0.4 is 5.14 Å². The third kappa shape index (κ3) is 5.00. The predicted octanol–water partition coefficient (Wildman–Crippen LogP) is -0.0158. The lowest BCUT2D eigenvalue weighted by atomic mass is 10.1. The molecule has 0 saturated carbocycles. The first-order valence-electron chi connectivity index (χ1n) is 7.42. The molecule has 0 radical (unpaired) electrons. The molecule has 1 saturated heterocycles. The van der Waals surface area contributed by atoms with Gasteiger partial charge in [0.2, 0.25) is 10.0 Å². The van der Waals surface area contributed by atoms with Crippen LogP contribution in [0.2, 0.25) is 0 Å². The number of sulfonamides is 1. The van der Waals surface area contributed by atoms with Gasteiger partial charge in [-0.3, -0.25) is 4.79 Å². The number of hydrogen-bond acceptors (Lipinski definition) is 5. The highest BCUT2D eigenvalue weighted by Gasteiger charge is 2.24. The van der Waals surface area contributed by atoms with Gasteiger partial charge >= 0.3 is 0 Å². The van der Waals surface area contributed by atoms with E-state index in [4.69, 9.17) is 9.88 Å². The molecular formula is C15H23N3O4S. The molecule has 1 fully saturated rings. The third-order valence-electron chi connectivity index (χ3n) is 3.68. The first-order valence-corrected chi connectivity index (χ1v) is 8.96. The number of benzene rings is 1. The van der Waals surface area contributed by atoms with Crippen molar-refractivity contribution in [1.82, 2.24) is 9.80 Å². The average Bonchev–Trinajstić information content (AvgIpc) is 2.70. The van der Waals surface area contributed by atoms with E-state index in [-0.39, 0.29) is 16.7 Å². The van der Waals surface area contributed by atoms with E-state index in [0.29, 0.717) is 31.9 Å². The minimum absolute atomic E-state index is 0.00117. The molecule has 1 aliphatic heterocycles. The van der Waals surface area contributed by atoms with Crippen molar-refractivity contribution >= 4 is 15.9 Å². The first kappa shape index (κ1) is 17.9. The topological polar surface area (TPSA) is 92.9 Å². The Labute approximate surface area is 137 Å². The second-order valence-corrected chi connectivity index (χ2v) is 7.59. The van der Waals surface area contributed by atoms with Crippen molar-refractivity contribution in [3.05, 3.63) is 29.8 Å². The van der Waals surface area contributed by atoms with Crippen LogP contribution in [-0.4, -0.2) is 71.1 Å². The Morgan fingerprint density at radius 2 is 2.00 bits per heavy atom. The number of rotatable bonds is 4. The first-order chi connectivity index (χ1) is 10.8. The maximum Gasteiger partial charge on any atom is 0.253 e. The zero-order chi connectivity index (χ0) is 17.0. The molecule has 0 bridgehead atoms. The fourth-order valence-corrected chi connectivity index (χ4v) is 3.18. The average molecular weight is 341 g/mol. The van der Waals surface area contributed by atoms with Crippen LogP contribution in [0, 0.1) is 5.92 Å². The molecule has 1 amide bonds. The Kier molecular flexibility index (Phi) is 5.74. The molecule has 1 atom stereocenters. The van der Waals surface area contributed by atoms with Crippen LogP contribution in [0.4, 0.5) is 0 Å². The van der Waals surface area contributed by atoms with E-state index >= 15 is 0 Å². The van der Waals surface area contributed by atoms with Crippen molar-refractivity contribution in [3.63, 3.8) is 0 Å². The zero-order valence-corrected chi connectivity index (χ0v) is 14.3. The molecule has 2 rings (SSSR count). The number of ether oxygens (including phenoxy) is 1. The summed E-state index contributed by atoms with van der Waals surface area (Å²) in [6.45, 7) is 3.12. The van der Waals surface area contributed by atoms with Crippen LogP contribution in [0.15, 0.2) is 29.2 Å². The summed E-state index contributed by atoms with van der Waals surface area (Å²) in [5.41, 5.74) is 0.447. The fourth-order valence-electron chi connectivity index (χ4n) is 2.66. The Morgan fingerprint density at radius 3 is 2.57 bits per heavy atom. The molecule has 1 heterocycles. The Hall–Kier alpha value is -1.48. The standard InChI is InChI=1S/C15H23N3O4S/c1-17(2)9-12-10-18(7-8-22-11-12)15(19)13-3-5-14(6-4-13)23(16,20)21/h3-6,12H,7-11H2,1-2H3,(H2,16,20,21)/t12-/m0/s1. The largest absolute Gasteiger partial charge is 0.379 e. The lowest BCUT2D eigenvalue weighted by Gasteiger charge is -2.25. The third-order valence-corrected chi connectivity index (χ3v) is 4.61. The van der Waals surface area contributed by atoms with E-state index in [1.807, 2.05) is 14.1 Å². The molecule has 1 aromatic carbocycles. The number of primary sulfonamides is 1. The summed E-state index contributed by atoms with van der Waals surface area (Å²) < 4.78 is 28.1. The van der Waals surface area contributed by atoms with Crippen LogP contribution in [-0.2, 0) is 14.8 Å². The maximum absolute atomic E-state index is 12.6. The SMILES string of the molecule is CN(C)C[C@@H]1COCCN(C(=O)c2ccc(S(N)(=O)=O)cc2)C1. The fraction of sp³-hybridized carbons (Fsp3) is 0.533. The molecule has 7 nitrogen and oxygen atoms in total. The van der Waals surface area contributed by atoms with Gasteiger partial charge in [0, 0.05) is 31.1 Å². The zero-order valence-electron chi connectivity index (χ0n) is 13.4. The molecule has 1 aliphatic rings. The molecule has 1 aromatic rings. The molecule has 0 aromatic heterocycles. The van der Waals surface area contributed by atoms with Gasteiger partial charge in [0.1, 0.15) is 0 Å². The van der Waals surface area contributed by atoms with Gasteiger partial charge in [0.15, 0.2) is 0 Å². The molecule has 8 heteroatoms. The number of amides is 1. The van der Waals surface area contributed by atoms with Gasteiger partial charge < -0.3 is 14.5 Å². The molecule has 23 heavy (non-hydrogen) atoms. The van der Waals surface area contributed by atoms with E-state index < -0.39 is 10.0 Å². The van der Waals surface area contributed by atoms with Gasteiger partial charge in [-0.2, -0.15) is 0 Å². The maximum atomic E-state index is 12.6. The van der Waals surface area contributed by atoms with E-state index in [1.165, 1.54) is 24.3 Å². The van der Waals surface area contributed by atoms with Crippen molar-refractivity contribution in [1.29, 1.82) is 0 Å². The Morgan fingerprint density at radius 1 is 1.35 bits per heavy atom. The van der Waals surface area contributed by atoms with Gasteiger partial charge in [-0.15, -0.1) is 0 Å². The minimum atomic E-state index is -3.75. The van der Waals surface area contributed by atoms with Crippen LogP contribution in [0.3, 0.4) is 0 Å². The summed E-state index contributed by atoms with van der Waals surface area (Å²) in [7, 11) is 0.230. The van der Waals surface area contributed by atoms with E-state index in [0.717, 1.165) is 6.54 Å². The van der Waals surface area contributed by atoms with E-state index in [9.17, 15) is 13.2 Å². The summed E-state index contributed by atoms with van der Waals surface area (Å²) >= 11 is 0. The lowest BCUT2D eigenvalue weighted by molar-refractivity contribution is 0.0735. The predicted molar refractivity (Wildman–Crippen MR) is 86.6 cm³/mol. The molecule has 0 unspecified atom stereocenters. The van der Waals surface area contributed by atoms with Crippen LogP contribution in [0.25, 0.3) is 0 Å². The smallest absolute Gasteiger partial charge is 0.253 e. The summed E-state index contributed by atoms with van der Waals surface area (Å²) in [4.78, 5) is 16.4. The number of carbonyl (C=O) groups excluding carboxylic acids is 1. The van der Waals surface area contributed by atoms with Gasteiger partial charge in [-0.1, -0.05) is 0 Å². The van der Waals surface area contributed by atoms with Crippen molar-refractivity contribution in [2.75, 3.05) is 46.9 Å². The van der Waals surface area contributed by atoms with Crippen molar-refractivity contribution in [3.8, 4) is 0 Å². The number of carbonyl (C=O) groups is 1. The number of nitrogens with zero attached hydrogens (tertiary/aromatic N) is 2.